The van der Waals surface area contributed by atoms with E-state index in [1.807, 2.05) is 27.7 Å². The molecule has 3 aromatic carbocycles. The fourth-order valence-electron chi connectivity index (χ4n) is 6.39. The largest absolute Gasteiger partial charge is 0.494 e. The van der Waals surface area contributed by atoms with E-state index in [2.05, 4.69) is 49.9 Å². The highest BCUT2D eigenvalue weighted by Crippen LogP contribution is 2.37. The van der Waals surface area contributed by atoms with Crippen LogP contribution in [0.5, 0.6) is 11.5 Å². The van der Waals surface area contributed by atoms with E-state index in [1.54, 1.807) is 80.6 Å². The molecule has 1 heterocycles. The zero-order valence-electron chi connectivity index (χ0n) is 36.2. The summed E-state index contributed by atoms with van der Waals surface area (Å²) in [6.45, 7) is 22.4. The Kier molecular flexibility index (Phi) is 17.9. The molecule has 0 radical (unpaired) electrons. The summed E-state index contributed by atoms with van der Waals surface area (Å²) in [5, 5.41) is 35.9. The van der Waals surface area contributed by atoms with Gasteiger partial charge in [0.15, 0.2) is 5.78 Å². The third kappa shape index (κ3) is 13.5. The smallest absolute Gasteiger partial charge is 0.412 e. The van der Waals surface area contributed by atoms with Gasteiger partial charge in [0.05, 0.1) is 34.7 Å². The fraction of sp³-hybridized carbons (Fsp3) is 0.467. The summed E-state index contributed by atoms with van der Waals surface area (Å²) < 4.78 is 17.8. The molecule has 4 aromatic rings. The van der Waals surface area contributed by atoms with Crippen LogP contribution in [0.4, 0.5) is 4.79 Å². The summed E-state index contributed by atoms with van der Waals surface area (Å²) in [7, 11) is 0. The topological polar surface area (TPSA) is 173 Å². The van der Waals surface area contributed by atoms with Crippen LogP contribution in [0.2, 0.25) is 5.02 Å². The zero-order chi connectivity index (χ0) is 43.9. The molecule has 0 unspecified atom stereocenters. The van der Waals surface area contributed by atoms with Crippen molar-refractivity contribution in [3.8, 4) is 22.8 Å². The predicted molar refractivity (Wildman–Crippen MR) is 239 cm³/mol. The Morgan fingerprint density at radius 2 is 1.33 bits per heavy atom. The molecule has 0 aliphatic heterocycles. The van der Waals surface area contributed by atoms with E-state index in [9.17, 15) is 20.0 Å². The van der Waals surface area contributed by atoms with E-state index in [0.29, 0.717) is 107 Å². The Morgan fingerprint density at radius 3 is 1.90 bits per heavy atom. The van der Waals surface area contributed by atoms with Crippen LogP contribution in [0.25, 0.3) is 22.3 Å². The molecule has 1 aromatic heterocycles. The van der Waals surface area contributed by atoms with Crippen molar-refractivity contribution in [1.29, 1.82) is 0 Å². The lowest BCUT2D eigenvalue weighted by atomic mass is 9.97. The maximum absolute atomic E-state index is 14.1. The predicted octanol–water partition coefficient (Wildman–Crippen LogP) is 7.92. The van der Waals surface area contributed by atoms with E-state index in [0.717, 1.165) is 26.1 Å². The van der Waals surface area contributed by atoms with Gasteiger partial charge in [0.25, 0.3) is 0 Å². The van der Waals surface area contributed by atoms with E-state index in [1.165, 1.54) is 0 Å². The molecule has 5 N–H and O–H groups in total. The molecule has 60 heavy (non-hydrogen) atoms. The number of fused-ring (bicyclic) bond motifs is 1. The van der Waals surface area contributed by atoms with Gasteiger partial charge in [-0.1, -0.05) is 35.8 Å². The van der Waals surface area contributed by atoms with Crippen LogP contribution in [0.1, 0.15) is 77.7 Å². The minimum atomic E-state index is -0.614. The lowest BCUT2D eigenvalue weighted by molar-refractivity contribution is 0.104. The first-order valence-corrected chi connectivity index (χ1v) is 20.9. The van der Waals surface area contributed by atoms with Gasteiger partial charge in [-0.2, -0.15) is 0 Å². The Labute approximate surface area is 358 Å². The average Bonchev–Trinajstić information content (AvgIpc) is 3.61. The number of nitrogens with one attached hydrogen (secondary N) is 3. The van der Waals surface area contributed by atoms with Crippen molar-refractivity contribution in [1.82, 2.24) is 25.8 Å². The molecular formula is C45H62ClN7O7. The maximum atomic E-state index is 14.1. The summed E-state index contributed by atoms with van der Waals surface area (Å²) in [6, 6.07) is 19.1. The van der Waals surface area contributed by atoms with Crippen LogP contribution in [-0.2, 0) is 0 Å². The van der Waals surface area contributed by atoms with Crippen molar-refractivity contribution >= 4 is 45.9 Å². The number of carbonyl (C=O) groups excluding carboxylic acids is 2. The first-order valence-electron chi connectivity index (χ1n) is 20.5. The highest BCUT2D eigenvalue weighted by atomic mass is 35.5. The second-order valence-electron chi connectivity index (χ2n) is 15.7. The van der Waals surface area contributed by atoms with Gasteiger partial charge in [-0.05, 0) is 128 Å². The van der Waals surface area contributed by atoms with Gasteiger partial charge < -0.3 is 45.2 Å². The molecule has 0 bridgehead atoms. The van der Waals surface area contributed by atoms with Crippen LogP contribution in [0.3, 0.4) is 0 Å². The number of halogens is 1. The van der Waals surface area contributed by atoms with E-state index >= 15 is 0 Å². The number of oxime groups is 2. The minimum Gasteiger partial charge on any atom is -0.494 e. The quantitative estimate of drug-likeness (QED) is 0.0152. The first kappa shape index (κ1) is 47.7. The summed E-state index contributed by atoms with van der Waals surface area (Å²) in [6.07, 6.45) is 0.292. The van der Waals surface area contributed by atoms with Gasteiger partial charge in [-0.15, -0.1) is 0 Å². The molecule has 0 atom stereocenters. The molecule has 0 aliphatic carbocycles. The third-order valence-electron chi connectivity index (χ3n) is 10.9. The number of hydrogen-bond acceptors (Lipinski definition) is 13. The van der Waals surface area contributed by atoms with E-state index in [-0.39, 0.29) is 5.78 Å². The molecule has 0 aliphatic rings. The van der Waals surface area contributed by atoms with Gasteiger partial charge in [-0.25, -0.2) is 4.79 Å². The van der Waals surface area contributed by atoms with Gasteiger partial charge in [0, 0.05) is 67.3 Å². The third-order valence-corrected chi connectivity index (χ3v) is 11.1. The van der Waals surface area contributed by atoms with E-state index in [4.69, 9.17) is 25.5 Å². The molecule has 0 saturated carbocycles. The highest BCUT2D eigenvalue weighted by molar-refractivity contribution is 6.32. The highest BCUT2D eigenvalue weighted by Gasteiger charge is 2.25. The summed E-state index contributed by atoms with van der Waals surface area (Å²) >= 11 is 6.39. The Morgan fingerprint density at radius 1 is 0.767 bits per heavy atom. The summed E-state index contributed by atoms with van der Waals surface area (Å²) in [4.78, 5) is 31.6. The molecule has 326 valence electrons. The number of ketones is 1. The number of ether oxygens (including phenoxy) is 2. The Hall–Kier alpha value is -4.99. The Bertz CT molecular complexity index is 2020. The standard InChI is InChI=1S/C45H62ClN7O7/c1-9-52(10-2)25-11-29-58-36-17-12-33(13-18-36)41(54)40-38-30-35(46)16-21-39(38)60-42(40)34-14-19-37(20-15-34)59-43(55)47-22-26-53(27-23-48-44(5,6)31(3)50-56)28-24-49-45(7,8)32(4)51-57/h12-21,30,48-49,56-57H,9-11,22-29H2,1-8H3,(H,47,55)/b50-31+,51-32+. The van der Waals surface area contributed by atoms with Gasteiger partial charge in [0.1, 0.15) is 22.8 Å². The van der Waals surface area contributed by atoms with Crippen LogP contribution < -0.4 is 25.4 Å². The number of rotatable bonds is 24. The van der Waals surface area contributed by atoms with E-state index < -0.39 is 17.2 Å². The van der Waals surface area contributed by atoms with Crippen molar-refractivity contribution in [2.24, 2.45) is 10.3 Å². The van der Waals surface area contributed by atoms with Crippen LogP contribution in [-0.4, -0.2) is 120 Å². The number of furan rings is 1. The Balaban J connectivity index is 1.40. The number of amides is 1. The summed E-state index contributed by atoms with van der Waals surface area (Å²) in [5.41, 5.74) is 2.11. The molecule has 15 heteroatoms. The number of benzene rings is 3. The number of hydrogen-bond donors (Lipinski definition) is 5. The molecule has 14 nitrogen and oxygen atoms in total. The minimum absolute atomic E-state index is 0.227. The van der Waals surface area contributed by atoms with Crippen molar-refractivity contribution in [3.63, 3.8) is 0 Å². The first-order chi connectivity index (χ1) is 28.6. The zero-order valence-corrected chi connectivity index (χ0v) is 37.0. The van der Waals surface area contributed by atoms with Crippen LogP contribution in [0.15, 0.2) is 81.5 Å². The fourth-order valence-corrected chi connectivity index (χ4v) is 6.56. The van der Waals surface area contributed by atoms with Gasteiger partial charge in [0.2, 0.25) is 0 Å². The van der Waals surface area contributed by atoms with Crippen LogP contribution >= 0.6 is 11.6 Å². The molecule has 4 rings (SSSR count). The second-order valence-corrected chi connectivity index (χ2v) is 16.1. The average molecular weight is 848 g/mol. The van der Waals surface area contributed by atoms with Crippen molar-refractivity contribution in [2.75, 3.05) is 65.5 Å². The molecule has 1 amide bonds. The molecule has 0 fully saturated rings. The number of nitrogens with zero attached hydrogens (tertiary/aromatic N) is 4. The second kappa shape index (κ2) is 22.6. The molecule has 0 spiro atoms. The van der Waals surface area contributed by atoms with Crippen LogP contribution in [0, 0.1) is 0 Å². The van der Waals surface area contributed by atoms with Gasteiger partial charge in [-0.3, -0.25) is 9.69 Å². The number of carbonyl (C=O) groups is 2. The summed E-state index contributed by atoms with van der Waals surface area (Å²) in [5.74, 6) is 1.15. The van der Waals surface area contributed by atoms with Crippen molar-refractivity contribution < 1.29 is 33.9 Å². The van der Waals surface area contributed by atoms with Crippen molar-refractivity contribution in [2.45, 2.75) is 72.9 Å². The lowest BCUT2D eigenvalue weighted by Gasteiger charge is -2.30. The molecular weight excluding hydrogens is 786 g/mol. The van der Waals surface area contributed by atoms with Gasteiger partial charge >= 0.3 is 6.09 Å². The molecule has 0 saturated heterocycles. The SMILES string of the molecule is CCN(CC)CCCOc1ccc(C(=O)c2c(-c3ccc(OC(=O)NCCN(CCNC(C)(C)/C(C)=N/O)CCNC(C)(C)/C(C)=N/O)cc3)oc3ccc(Cl)cc23)cc1. The normalized spacial score (nSPS) is 12.7. The lowest BCUT2D eigenvalue weighted by Crippen LogP contribution is -2.51. The monoisotopic (exact) mass is 847 g/mol. The maximum Gasteiger partial charge on any atom is 0.412 e. The van der Waals surface area contributed by atoms with Crippen molar-refractivity contribution in [3.05, 3.63) is 82.9 Å².